The summed E-state index contributed by atoms with van der Waals surface area (Å²) in [5, 5.41) is 2.13. The van der Waals surface area contributed by atoms with Crippen LogP contribution in [0.5, 0.6) is 0 Å². The molecule has 1 heterocycles. The van der Waals surface area contributed by atoms with Crippen LogP contribution in [0.3, 0.4) is 0 Å². The molecule has 0 bridgehead atoms. The number of nitrogens with zero attached hydrogens (tertiary/aromatic N) is 2. The van der Waals surface area contributed by atoms with Gasteiger partial charge in [-0.1, -0.05) is 23.3 Å². The minimum absolute atomic E-state index is 0.161. The average Bonchev–Trinajstić information content (AvgIpc) is 3.02. The number of hydrazine groups is 1. The van der Waals surface area contributed by atoms with Crippen LogP contribution in [0.2, 0.25) is 5.02 Å². The van der Waals surface area contributed by atoms with Crippen LogP contribution in [0, 0.1) is 17.7 Å². The Bertz CT molecular complexity index is 1130. The second-order valence-corrected chi connectivity index (χ2v) is 8.43. The zero-order valence-corrected chi connectivity index (χ0v) is 18.0. The quantitative estimate of drug-likeness (QED) is 0.388. The van der Waals surface area contributed by atoms with E-state index in [1.54, 1.807) is 0 Å². The summed E-state index contributed by atoms with van der Waals surface area (Å²) in [5.41, 5.74) is 1.34. The van der Waals surface area contributed by atoms with E-state index in [0.717, 1.165) is 27.7 Å². The van der Waals surface area contributed by atoms with E-state index in [-0.39, 0.29) is 11.1 Å². The molecule has 0 saturated carbocycles. The lowest BCUT2D eigenvalue weighted by molar-refractivity contribution is -0.154. The van der Waals surface area contributed by atoms with Crippen molar-refractivity contribution in [2.45, 2.75) is 19.8 Å². The van der Waals surface area contributed by atoms with Gasteiger partial charge < -0.3 is 0 Å². The van der Waals surface area contributed by atoms with E-state index in [1.807, 2.05) is 13.0 Å². The Balaban J connectivity index is 1.68. The first-order chi connectivity index (χ1) is 15.3. The van der Waals surface area contributed by atoms with Crippen LogP contribution in [0.4, 0.5) is 4.39 Å². The lowest BCUT2D eigenvalue weighted by atomic mass is 9.82. The Morgan fingerprint density at radius 2 is 1.59 bits per heavy atom. The molecular weight excluding hydrogens is 435 g/mol. The Morgan fingerprint density at radius 3 is 2.25 bits per heavy atom. The fraction of sp³-hybridized carbons (Fsp3) is 0.250. The second kappa shape index (κ2) is 8.67. The number of fused-ring (bicyclic) bond motifs is 1. The maximum atomic E-state index is 13.3. The summed E-state index contributed by atoms with van der Waals surface area (Å²) >= 11 is 5.91. The first-order valence-electron chi connectivity index (χ1n) is 10.2. The van der Waals surface area contributed by atoms with Crippen molar-refractivity contribution >= 4 is 35.1 Å². The zero-order chi connectivity index (χ0) is 23.0. The number of Topliss-reactive ketones (excluding diaryl/α,β-unsaturated/α-hetero) is 1. The van der Waals surface area contributed by atoms with E-state index in [9.17, 15) is 23.6 Å². The lowest BCUT2D eigenvalue weighted by Crippen LogP contribution is -2.52. The monoisotopic (exact) mass is 454 g/mol. The Hall–Kier alpha value is -3.32. The summed E-state index contributed by atoms with van der Waals surface area (Å²) in [7, 11) is 0. The van der Waals surface area contributed by atoms with Crippen molar-refractivity contribution in [3.8, 4) is 0 Å². The van der Waals surface area contributed by atoms with E-state index < -0.39 is 47.7 Å². The molecule has 2 atom stereocenters. The van der Waals surface area contributed by atoms with Crippen molar-refractivity contribution in [3.63, 3.8) is 0 Å². The number of hydrogen-bond donors (Lipinski definition) is 0. The fourth-order valence-corrected chi connectivity index (χ4v) is 4.22. The highest BCUT2D eigenvalue weighted by Gasteiger charge is 2.51. The van der Waals surface area contributed by atoms with Crippen LogP contribution in [0.15, 0.2) is 60.2 Å². The number of hydrogen-bond acceptors (Lipinski definition) is 4. The minimum Gasteiger partial charge on any atom is -0.292 e. The van der Waals surface area contributed by atoms with Crippen molar-refractivity contribution in [2.75, 3.05) is 6.54 Å². The number of carbonyl (C=O) groups is 4. The number of ketones is 1. The highest BCUT2D eigenvalue weighted by molar-refractivity contribution is 6.30. The van der Waals surface area contributed by atoms with Crippen molar-refractivity contribution in [2.24, 2.45) is 11.8 Å². The van der Waals surface area contributed by atoms with Crippen LogP contribution in [0.1, 0.15) is 40.5 Å². The van der Waals surface area contributed by atoms with E-state index in [2.05, 4.69) is 0 Å². The molecule has 0 unspecified atom stereocenters. The van der Waals surface area contributed by atoms with Crippen molar-refractivity contribution in [3.05, 3.63) is 82.1 Å². The van der Waals surface area contributed by atoms with Crippen molar-refractivity contribution in [1.29, 1.82) is 0 Å². The number of imide groups is 1. The molecule has 0 radical (unpaired) electrons. The number of allylic oxidation sites excluding steroid dienone is 2. The minimum atomic E-state index is -0.679. The third kappa shape index (κ3) is 4.08. The fourth-order valence-electron chi connectivity index (χ4n) is 4.10. The topological polar surface area (TPSA) is 74.8 Å². The zero-order valence-electron chi connectivity index (χ0n) is 17.3. The Labute approximate surface area is 189 Å². The molecule has 2 aliphatic rings. The van der Waals surface area contributed by atoms with Crippen molar-refractivity contribution < 1.29 is 23.6 Å². The van der Waals surface area contributed by atoms with Gasteiger partial charge in [-0.15, -0.1) is 0 Å². The standard InChI is InChI=1S/C24H20ClFN2O4/c1-14-2-11-19-20(12-14)24(32)28(23(19)31)27(22(30)16-3-7-17(25)8-4-16)13-21(29)15-5-9-18(26)10-6-15/h2-10,19-20H,11-13H2,1H3/t19-,20-/m0/s1. The SMILES string of the molecule is CC1=CC[C@@H]2C(=O)N(N(CC(=O)c3ccc(F)cc3)C(=O)c3ccc(Cl)cc3)C(=O)[C@H]2C1. The molecule has 164 valence electrons. The highest BCUT2D eigenvalue weighted by atomic mass is 35.5. The summed E-state index contributed by atoms with van der Waals surface area (Å²) in [6.07, 6.45) is 2.76. The van der Waals surface area contributed by atoms with Gasteiger partial charge in [0.1, 0.15) is 12.4 Å². The van der Waals surface area contributed by atoms with Gasteiger partial charge in [0.05, 0.1) is 11.8 Å². The van der Waals surface area contributed by atoms with Gasteiger partial charge in [-0.3, -0.25) is 19.2 Å². The number of benzene rings is 2. The largest absolute Gasteiger partial charge is 0.292 e. The molecule has 1 aliphatic heterocycles. The molecule has 0 aromatic heterocycles. The van der Waals surface area contributed by atoms with Gasteiger partial charge in [0, 0.05) is 16.1 Å². The summed E-state index contributed by atoms with van der Waals surface area (Å²) < 4.78 is 13.3. The molecule has 0 spiro atoms. The van der Waals surface area contributed by atoms with E-state index in [0.29, 0.717) is 17.9 Å². The van der Waals surface area contributed by atoms with Crippen LogP contribution in [0.25, 0.3) is 0 Å². The van der Waals surface area contributed by atoms with E-state index in [4.69, 9.17) is 11.6 Å². The smallest absolute Gasteiger partial charge is 0.273 e. The van der Waals surface area contributed by atoms with Gasteiger partial charge >= 0.3 is 0 Å². The molecule has 2 aromatic rings. The molecule has 0 N–H and O–H groups in total. The number of amides is 3. The lowest BCUT2D eigenvalue weighted by Gasteiger charge is -2.30. The maximum absolute atomic E-state index is 13.3. The number of carbonyl (C=O) groups excluding carboxylic acids is 4. The summed E-state index contributed by atoms with van der Waals surface area (Å²) in [5.74, 6) is -3.84. The Morgan fingerprint density at radius 1 is 1.00 bits per heavy atom. The van der Waals surface area contributed by atoms with Crippen LogP contribution in [-0.4, -0.2) is 40.1 Å². The maximum Gasteiger partial charge on any atom is 0.273 e. The molecule has 2 aromatic carbocycles. The van der Waals surface area contributed by atoms with Crippen LogP contribution < -0.4 is 0 Å². The second-order valence-electron chi connectivity index (χ2n) is 7.99. The molecule has 1 saturated heterocycles. The molecule has 8 heteroatoms. The molecule has 3 amide bonds. The van der Waals surface area contributed by atoms with Crippen LogP contribution in [-0.2, 0) is 9.59 Å². The van der Waals surface area contributed by atoms with Gasteiger partial charge in [-0.05, 0) is 68.3 Å². The van der Waals surface area contributed by atoms with Gasteiger partial charge in [0.25, 0.3) is 17.7 Å². The van der Waals surface area contributed by atoms with Gasteiger partial charge in [0.15, 0.2) is 5.78 Å². The molecule has 1 aliphatic carbocycles. The molecule has 6 nitrogen and oxygen atoms in total. The van der Waals surface area contributed by atoms with Gasteiger partial charge in [-0.25, -0.2) is 9.40 Å². The van der Waals surface area contributed by atoms with Crippen molar-refractivity contribution in [1.82, 2.24) is 10.0 Å². The third-order valence-corrected chi connectivity index (χ3v) is 6.08. The van der Waals surface area contributed by atoms with Gasteiger partial charge in [-0.2, -0.15) is 5.01 Å². The summed E-state index contributed by atoms with van der Waals surface area (Å²) in [4.78, 5) is 52.6. The molecule has 1 fully saturated rings. The summed E-state index contributed by atoms with van der Waals surface area (Å²) in [6, 6.07) is 10.8. The predicted molar refractivity (Wildman–Crippen MR) is 115 cm³/mol. The molecule has 4 rings (SSSR count). The molecule has 32 heavy (non-hydrogen) atoms. The third-order valence-electron chi connectivity index (χ3n) is 5.83. The first-order valence-corrected chi connectivity index (χ1v) is 10.5. The van der Waals surface area contributed by atoms with E-state index >= 15 is 0 Å². The van der Waals surface area contributed by atoms with E-state index in [1.165, 1.54) is 36.4 Å². The van der Waals surface area contributed by atoms with Crippen LogP contribution >= 0.6 is 11.6 Å². The normalized spacial score (nSPS) is 20.1. The predicted octanol–water partition coefficient (Wildman–Crippen LogP) is 4.06. The van der Waals surface area contributed by atoms with Gasteiger partial charge in [0.2, 0.25) is 0 Å². The number of halogens is 2. The summed E-state index contributed by atoms with van der Waals surface area (Å²) in [6.45, 7) is 1.35. The molecular formula is C24H20ClFN2O4. The first kappa shape index (κ1) is 21.9. The number of rotatable bonds is 5. The average molecular weight is 455 g/mol. The highest BCUT2D eigenvalue weighted by Crippen LogP contribution is 2.38. The Kier molecular flexibility index (Phi) is 5.93.